The van der Waals surface area contributed by atoms with Gasteiger partial charge in [0, 0.05) is 12.6 Å². The lowest BCUT2D eigenvalue weighted by Crippen LogP contribution is -2.53. The van der Waals surface area contributed by atoms with Crippen LogP contribution in [0.2, 0.25) is 0 Å². The predicted octanol–water partition coefficient (Wildman–Crippen LogP) is 2.13. The summed E-state index contributed by atoms with van der Waals surface area (Å²) in [5.74, 6) is 0.494. The lowest BCUT2D eigenvalue weighted by Gasteiger charge is -2.28. The van der Waals surface area contributed by atoms with Crippen LogP contribution in [-0.4, -0.2) is 42.0 Å². The topological polar surface area (TPSA) is 58.4 Å². The standard InChI is InChI=1S/C16H33N3O/c1-5-18-16(4,15(17)20)10-6-7-11-19(12-13(2)3)14-8-9-14/h13-14,18H,5-12H2,1-4H3,(H2,17,20). The van der Waals surface area contributed by atoms with Gasteiger partial charge in [-0.1, -0.05) is 20.8 Å². The summed E-state index contributed by atoms with van der Waals surface area (Å²) in [6.45, 7) is 11.6. The Labute approximate surface area is 124 Å². The zero-order valence-electron chi connectivity index (χ0n) is 13.7. The van der Waals surface area contributed by atoms with E-state index < -0.39 is 5.54 Å². The maximum atomic E-state index is 11.6. The van der Waals surface area contributed by atoms with Crippen molar-refractivity contribution in [2.24, 2.45) is 11.7 Å². The highest BCUT2D eigenvalue weighted by Crippen LogP contribution is 2.28. The third-order valence-electron chi connectivity index (χ3n) is 4.15. The zero-order valence-corrected chi connectivity index (χ0v) is 13.7. The molecule has 4 heteroatoms. The summed E-state index contributed by atoms with van der Waals surface area (Å²) in [6.07, 6.45) is 5.76. The molecule has 0 aromatic heterocycles. The Hall–Kier alpha value is -0.610. The molecule has 4 nitrogen and oxygen atoms in total. The maximum Gasteiger partial charge on any atom is 0.237 e. The van der Waals surface area contributed by atoms with Crippen LogP contribution in [0.3, 0.4) is 0 Å². The summed E-state index contributed by atoms with van der Waals surface area (Å²) in [5.41, 5.74) is 4.97. The fourth-order valence-electron chi connectivity index (χ4n) is 2.81. The van der Waals surface area contributed by atoms with Gasteiger partial charge in [-0.2, -0.15) is 0 Å². The number of nitrogens with one attached hydrogen (secondary N) is 1. The first-order valence-corrected chi connectivity index (χ1v) is 8.18. The first-order chi connectivity index (χ1) is 9.39. The van der Waals surface area contributed by atoms with E-state index >= 15 is 0 Å². The van der Waals surface area contributed by atoms with Gasteiger partial charge in [-0.3, -0.25) is 4.79 Å². The molecule has 1 aliphatic carbocycles. The number of likely N-dealkylation sites (N-methyl/N-ethyl adjacent to an activating group) is 1. The Morgan fingerprint density at radius 2 is 2.05 bits per heavy atom. The van der Waals surface area contributed by atoms with Crippen molar-refractivity contribution in [1.82, 2.24) is 10.2 Å². The van der Waals surface area contributed by atoms with E-state index in [-0.39, 0.29) is 5.91 Å². The van der Waals surface area contributed by atoms with E-state index in [1.54, 1.807) is 0 Å². The van der Waals surface area contributed by atoms with E-state index in [4.69, 9.17) is 5.73 Å². The van der Waals surface area contributed by atoms with Crippen LogP contribution in [0.15, 0.2) is 0 Å². The minimum atomic E-state index is -0.544. The summed E-state index contributed by atoms with van der Waals surface area (Å²) in [7, 11) is 0. The summed E-state index contributed by atoms with van der Waals surface area (Å²) in [6, 6.07) is 0.827. The lowest BCUT2D eigenvalue weighted by atomic mass is 9.94. The molecule has 1 fully saturated rings. The van der Waals surface area contributed by atoms with Crippen LogP contribution in [-0.2, 0) is 4.79 Å². The minimum Gasteiger partial charge on any atom is -0.368 e. The van der Waals surface area contributed by atoms with Crippen LogP contribution in [0.25, 0.3) is 0 Å². The molecule has 1 unspecified atom stereocenters. The Morgan fingerprint density at radius 1 is 1.40 bits per heavy atom. The Morgan fingerprint density at radius 3 is 2.50 bits per heavy atom. The molecule has 0 heterocycles. The van der Waals surface area contributed by atoms with Gasteiger partial charge in [0.1, 0.15) is 0 Å². The van der Waals surface area contributed by atoms with Gasteiger partial charge >= 0.3 is 0 Å². The predicted molar refractivity (Wildman–Crippen MR) is 84.6 cm³/mol. The number of amides is 1. The molecule has 0 aromatic carbocycles. The molecule has 0 spiro atoms. The highest BCUT2D eigenvalue weighted by Gasteiger charge is 2.30. The minimum absolute atomic E-state index is 0.236. The van der Waals surface area contributed by atoms with Crippen LogP contribution in [0.1, 0.15) is 59.8 Å². The number of carbonyl (C=O) groups is 1. The number of hydrogen-bond acceptors (Lipinski definition) is 3. The van der Waals surface area contributed by atoms with E-state index in [1.807, 2.05) is 13.8 Å². The van der Waals surface area contributed by atoms with E-state index in [0.717, 1.165) is 44.3 Å². The van der Waals surface area contributed by atoms with Gasteiger partial charge in [-0.05, 0) is 58.0 Å². The van der Waals surface area contributed by atoms with Crippen LogP contribution < -0.4 is 11.1 Å². The first-order valence-electron chi connectivity index (χ1n) is 8.18. The van der Waals surface area contributed by atoms with Crippen molar-refractivity contribution in [3.8, 4) is 0 Å². The number of rotatable bonds is 11. The second-order valence-corrected chi connectivity index (χ2v) is 6.80. The molecule has 1 rings (SSSR count). The van der Waals surface area contributed by atoms with E-state index in [9.17, 15) is 4.79 Å². The van der Waals surface area contributed by atoms with Crippen LogP contribution in [0.5, 0.6) is 0 Å². The van der Waals surface area contributed by atoms with Crippen molar-refractivity contribution in [2.75, 3.05) is 19.6 Å². The molecule has 118 valence electrons. The number of primary amides is 1. The van der Waals surface area contributed by atoms with Gasteiger partial charge in [-0.15, -0.1) is 0 Å². The number of nitrogens with zero attached hydrogens (tertiary/aromatic N) is 1. The highest BCUT2D eigenvalue weighted by molar-refractivity contribution is 5.84. The van der Waals surface area contributed by atoms with E-state index in [2.05, 4.69) is 24.1 Å². The van der Waals surface area contributed by atoms with Crippen molar-refractivity contribution in [3.63, 3.8) is 0 Å². The molecule has 20 heavy (non-hydrogen) atoms. The SMILES string of the molecule is CCNC(C)(CCCCN(CC(C)C)C1CC1)C(N)=O. The molecule has 1 aliphatic rings. The van der Waals surface area contributed by atoms with Gasteiger partial charge in [-0.25, -0.2) is 0 Å². The van der Waals surface area contributed by atoms with Crippen molar-refractivity contribution < 1.29 is 4.79 Å². The molecule has 1 saturated carbocycles. The molecule has 3 N–H and O–H groups in total. The van der Waals surface area contributed by atoms with Crippen LogP contribution in [0, 0.1) is 5.92 Å². The summed E-state index contributed by atoms with van der Waals surface area (Å²) in [4.78, 5) is 14.2. The lowest BCUT2D eigenvalue weighted by molar-refractivity contribution is -0.124. The van der Waals surface area contributed by atoms with Gasteiger partial charge in [0.2, 0.25) is 5.91 Å². The molecule has 0 aliphatic heterocycles. The monoisotopic (exact) mass is 283 g/mol. The van der Waals surface area contributed by atoms with E-state index in [1.165, 1.54) is 19.4 Å². The average Bonchev–Trinajstić information content (AvgIpc) is 3.17. The Bertz CT molecular complexity index is 302. The molecule has 0 bridgehead atoms. The smallest absolute Gasteiger partial charge is 0.237 e. The Balaban J connectivity index is 2.29. The van der Waals surface area contributed by atoms with E-state index in [0.29, 0.717) is 0 Å². The van der Waals surface area contributed by atoms with Crippen molar-refractivity contribution in [1.29, 1.82) is 0 Å². The summed E-state index contributed by atoms with van der Waals surface area (Å²) >= 11 is 0. The highest BCUT2D eigenvalue weighted by atomic mass is 16.1. The number of unbranched alkanes of at least 4 members (excludes halogenated alkanes) is 1. The van der Waals surface area contributed by atoms with Gasteiger partial charge in [0.25, 0.3) is 0 Å². The fourth-order valence-corrected chi connectivity index (χ4v) is 2.81. The van der Waals surface area contributed by atoms with Crippen molar-refractivity contribution >= 4 is 5.91 Å². The van der Waals surface area contributed by atoms with Gasteiger partial charge in [0.15, 0.2) is 0 Å². The van der Waals surface area contributed by atoms with Gasteiger partial charge in [0.05, 0.1) is 5.54 Å². The molecular formula is C16H33N3O. The van der Waals surface area contributed by atoms with Crippen molar-refractivity contribution in [3.05, 3.63) is 0 Å². The van der Waals surface area contributed by atoms with Crippen LogP contribution in [0.4, 0.5) is 0 Å². The number of carbonyl (C=O) groups excluding carboxylic acids is 1. The number of hydrogen-bond donors (Lipinski definition) is 2. The fraction of sp³-hybridized carbons (Fsp3) is 0.938. The molecule has 0 aromatic rings. The van der Waals surface area contributed by atoms with Gasteiger partial charge < -0.3 is 16.0 Å². The first kappa shape index (κ1) is 17.4. The second-order valence-electron chi connectivity index (χ2n) is 6.80. The second kappa shape index (κ2) is 7.99. The average molecular weight is 283 g/mol. The molecular weight excluding hydrogens is 250 g/mol. The van der Waals surface area contributed by atoms with Crippen molar-refractivity contribution in [2.45, 2.75) is 71.4 Å². The number of nitrogens with two attached hydrogens (primary N) is 1. The summed E-state index contributed by atoms with van der Waals surface area (Å²) in [5, 5.41) is 3.23. The quantitative estimate of drug-likeness (QED) is 0.571. The molecule has 1 amide bonds. The largest absolute Gasteiger partial charge is 0.368 e. The molecule has 1 atom stereocenters. The normalized spacial score (nSPS) is 18.5. The maximum absolute atomic E-state index is 11.6. The molecule has 0 saturated heterocycles. The Kier molecular flexibility index (Phi) is 6.96. The summed E-state index contributed by atoms with van der Waals surface area (Å²) < 4.78 is 0. The third kappa shape index (κ3) is 5.80. The molecule has 0 radical (unpaired) electrons. The zero-order chi connectivity index (χ0) is 15.2. The third-order valence-corrected chi connectivity index (χ3v) is 4.15. The van der Waals surface area contributed by atoms with Crippen LogP contribution >= 0.6 is 0 Å².